The third-order valence-corrected chi connectivity index (χ3v) is 9.44. The van der Waals surface area contributed by atoms with E-state index >= 15 is 0 Å². The quantitative estimate of drug-likeness (QED) is 0.395. The molecule has 0 aliphatic carbocycles. The van der Waals surface area contributed by atoms with Gasteiger partial charge in [-0.15, -0.1) is 11.3 Å². The molecule has 1 aromatic heterocycles. The lowest BCUT2D eigenvalue weighted by Gasteiger charge is -2.28. The molecule has 0 bridgehead atoms. The van der Waals surface area contributed by atoms with Crippen LogP contribution >= 0.6 is 46.1 Å². The number of halogens is 3. The molecular formula is C22H20Cl3NO5S2. The van der Waals surface area contributed by atoms with Gasteiger partial charge in [-0.1, -0.05) is 40.9 Å². The monoisotopic (exact) mass is 547 g/mol. The Labute approximate surface area is 210 Å². The molecule has 0 unspecified atom stereocenters. The summed E-state index contributed by atoms with van der Waals surface area (Å²) in [4.78, 5) is 15.6. The van der Waals surface area contributed by atoms with E-state index in [2.05, 4.69) is 0 Å². The summed E-state index contributed by atoms with van der Waals surface area (Å²) in [6, 6.07) is 8.13. The van der Waals surface area contributed by atoms with Crippen LogP contribution in [0.1, 0.15) is 21.7 Å². The standard InChI is InChI=1S/C22H20Cl3NO5S2/c1-30-16-4-3-12(7-17(16)31-2)10-26(14-5-6-33(28,29)11-14)22(27)21-20(25)19-15(24)8-13(23)9-18(19)32-21/h3-4,7-9,14H,5-6,10-11H2,1-2H3/t14-/m1/s1. The van der Waals surface area contributed by atoms with E-state index in [1.165, 1.54) is 25.6 Å². The summed E-state index contributed by atoms with van der Waals surface area (Å²) in [5.41, 5.74) is 0.767. The van der Waals surface area contributed by atoms with Gasteiger partial charge >= 0.3 is 0 Å². The van der Waals surface area contributed by atoms with Crippen molar-refractivity contribution in [3.8, 4) is 11.5 Å². The van der Waals surface area contributed by atoms with Gasteiger partial charge in [-0.25, -0.2) is 8.42 Å². The summed E-state index contributed by atoms with van der Waals surface area (Å²) in [5, 5.41) is 1.59. The fraction of sp³-hybridized carbons (Fsp3) is 0.318. The number of amides is 1. The number of carbonyl (C=O) groups excluding carboxylic acids is 1. The molecule has 33 heavy (non-hydrogen) atoms. The van der Waals surface area contributed by atoms with E-state index in [-0.39, 0.29) is 29.0 Å². The van der Waals surface area contributed by atoms with Crippen molar-refractivity contribution in [2.24, 2.45) is 0 Å². The van der Waals surface area contributed by atoms with Crippen LogP contribution < -0.4 is 9.47 Å². The molecule has 0 N–H and O–H groups in total. The number of thiophene rings is 1. The van der Waals surface area contributed by atoms with Crippen molar-refractivity contribution in [2.45, 2.75) is 19.0 Å². The van der Waals surface area contributed by atoms with Gasteiger partial charge in [0.2, 0.25) is 0 Å². The fourth-order valence-corrected chi connectivity index (χ4v) is 8.00. The zero-order chi connectivity index (χ0) is 23.9. The molecule has 1 amide bonds. The smallest absolute Gasteiger partial charge is 0.266 e. The molecule has 0 spiro atoms. The van der Waals surface area contributed by atoms with Crippen LogP contribution in [0.3, 0.4) is 0 Å². The normalized spacial score (nSPS) is 17.3. The topological polar surface area (TPSA) is 72.9 Å². The Bertz CT molecular complexity index is 1340. The Kier molecular flexibility index (Phi) is 7.03. The molecule has 3 aromatic rings. The summed E-state index contributed by atoms with van der Waals surface area (Å²) in [7, 11) is -0.159. The average molecular weight is 549 g/mol. The van der Waals surface area contributed by atoms with Gasteiger partial charge in [-0.2, -0.15) is 0 Å². The number of fused-ring (bicyclic) bond motifs is 1. The number of ether oxygens (including phenoxy) is 2. The second kappa shape index (κ2) is 9.50. The minimum Gasteiger partial charge on any atom is -0.493 e. The Morgan fingerprint density at radius 3 is 2.48 bits per heavy atom. The number of sulfone groups is 1. The van der Waals surface area contributed by atoms with Crippen molar-refractivity contribution in [3.63, 3.8) is 0 Å². The number of carbonyl (C=O) groups is 1. The maximum absolute atomic E-state index is 13.7. The number of hydrogen-bond acceptors (Lipinski definition) is 6. The highest BCUT2D eigenvalue weighted by atomic mass is 35.5. The van der Waals surface area contributed by atoms with Crippen LogP contribution in [0, 0.1) is 0 Å². The molecule has 2 aromatic carbocycles. The van der Waals surface area contributed by atoms with Gasteiger partial charge in [0.1, 0.15) is 4.88 Å². The Hall–Kier alpha value is -1.71. The summed E-state index contributed by atoms with van der Waals surface area (Å²) in [6.45, 7) is 0.179. The van der Waals surface area contributed by atoms with Gasteiger partial charge in [-0.05, 0) is 36.2 Å². The second-order valence-electron chi connectivity index (χ2n) is 7.69. The Morgan fingerprint density at radius 1 is 1.12 bits per heavy atom. The van der Waals surface area contributed by atoms with Crippen molar-refractivity contribution in [1.29, 1.82) is 0 Å². The second-order valence-corrected chi connectivity index (χ2v) is 12.2. The van der Waals surface area contributed by atoms with E-state index in [0.29, 0.717) is 42.9 Å². The van der Waals surface area contributed by atoms with Crippen molar-refractivity contribution in [3.05, 3.63) is 55.8 Å². The first-order valence-corrected chi connectivity index (χ1v) is 13.7. The van der Waals surface area contributed by atoms with Crippen LogP contribution in [0.5, 0.6) is 11.5 Å². The zero-order valence-corrected chi connectivity index (χ0v) is 21.6. The molecular weight excluding hydrogens is 529 g/mol. The molecule has 0 saturated carbocycles. The molecule has 1 atom stereocenters. The maximum Gasteiger partial charge on any atom is 0.266 e. The zero-order valence-electron chi connectivity index (χ0n) is 17.7. The lowest BCUT2D eigenvalue weighted by Crippen LogP contribution is -2.40. The lowest BCUT2D eigenvalue weighted by molar-refractivity contribution is 0.0686. The first kappa shape index (κ1) is 24.4. The molecule has 11 heteroatoms. The van der Waals surface area contributed by atoms with Crippen molar-refractivity contribution in [2.75, 3.05) is 25.7 Å². The molecule has 1 aliphatic rings. The van der Waals surface area contributed by atoms with Gasteiger partial charge in [0, 0.05) is 27.7 Å². The highest BCUT2D eigenvalue weighted by Crippen LogP contribution is 2.42. The number of nitrogens with zero attached hydrogens (tertiary/aromatic N) is 1. The van der Waals surface area contributed by atoms with Crippen molar-refractivity contribution < 1.29 is 22.7 Å². The summed E-state index contributed by atoms with van der Waals surface area (Å²) < 4.78 is 35.7. The maximum atomic E-state index is 13.7. The SMILES string of the molecule is COc1ccc(CN(C(=O)c2sc3cc(Cl)cc(Cl)c3c2Cl)[C@@H]2CCS(=O)(=O)C2)cc1OC. The Balaban J connectivity index is 1.76. The van der Waals surface area contributed by atoms with E-state index in [1.54, 1.807) is 29.2 Å². The fourth-order valence-electron chi connectivity index (χ4n) is 3.94. The first-order chi connectivity index (χ1) is 15.6. The lowest BCUT2D eigenvalue weighted by atomic mass is 10.1. The van der Waals surface area contributed by atoms with Crippen molar-refractivity contribution in [1.82, 2.24) is 4.90 Å². The number of hydrogen-bond donors (Lipinski definition) is 0. The summed E-state index contributed by atoms with van der Waals surface area (Å²) in [5.74, 6) is 0.658. The first-order valence-electron chi connectivity index (χ1n) is 9.93. The number of benzene rings is 2. The molecule has 6 nitrogen and oxygen atoms in total. The van der Waals surface area contributed by atoms with Crippen molar-refractivity contribution >= 4 is 72.0 Å². The van der Waals surface area contributed by atoms with Crippen LogP contribution in [0.2, 0.25) is 15.1 Å². The van der Waals surface area contributed by atoms with Gasteiger partial charge in [-0.3, -0.25) is 4.79 Å². The molecule has 1 saturated heterocycles. The van der Waals surface area contributed by atoms with E-state index < -0.39 is 15.9 Å². The highest BCUT2D eigenvalue weighted by Gasteiger charge is 2.36. The van der Waals surface area contributed by atoms with Crippen LogP contribution in [0.4, 0.5) is 0 Å². The van der Waals surface area contributed by atoms with Crippen LogP contribution in [0.25, 0.3) is 10.1 Å². The van der Waals surface area contributed by atoms with Gasteiger partial charge in [0.25, 0.3) is 5.91 Å². The number of rotatable bonds is 6. The largest absolute Gasteiger partial charge is 0.493 e. The van der Waals surface area contributed by atoms with E-state index in [0.717, 1.165) is 5.56 Å². The van der Waals surface area contributed by atoms with E-state index in [4.69, 9.17) is 44.3 Å². The number of methoxy groups -OCH3 is 2. The predicted molar refractivity (Wildman–Crippen MR) is 133 cm³/mol. The predicted octanol–water partition coefficient (Wildman–Crippen LogP) is 5.71. The minimum atomic E-state index is -3.23. The third-order valence-electron chi connectivity index (χ3n) is 5.55. The van der Waals surface area contributed by atoms with Gasteiger partial charge < -0.3 is 14.4 Å². The molecule has 1 aliphatic heterocycles. The van der Waals surface area contributed by atoms with E-state index in [1.807, 2.05) is 6.07 Å². The molecule has 176 valence electrons. The summed E-state index contributed by atoms with van der Waals surface area (Å²) in [6.07, 6.45) is 0.358. The minimum absolute atomic E-state index is 0.0367. The molecule has 4 rings (SSSR count). The van der Waals surface area contributed by atoms with Crippen LogP contribution in [0.15, 0.2) is 30.3 Å². The molecule has 2 heterocycles. The van der Waals surface area contributed by atoms with Gasteiger partial charge in [0.15, 0.2) is 21.3 Å². The molecule has 1 fully saturated rings. The highest BCUT2D eigenvalue weighted by molar-refractivity contribution is 7.91. The summed E-state index contributed by atoms with van der Waals surface area (Å²) >= 11 is 20.2. The average Bonchev–Trinajstić information content (AvgIpc) is 3.30. The third kappa shape index (κ3) is 4.91. The van der Waals surface area contributed by atoms with Crippen LogP contribution in [-0.4, -0.2) is 51.0 Å². The Morgan fingerprint density at radius 2 is 1.85 bits per heavy atom. The van der Waals surface area contributed by atoms with Crippen LogP contribution in [-0.2, 0) is 16.4 Å². The van der Waals surface area contributed by atoms with E-state index in [9.17, 15) is 13.2 Å². The van der Waals surface area contributed by atoms with Gasteiger partial charge in [0.05, 0.1) is 35.8 Å². The molecule has 0 radical (unpaired) electrons.